The number of esters is 4. The second-order valence-electron chi connectivity index (χ2n) is 26.3. The predicted molar refractivity (Wildman–Crippen MR) is 418 cm³/mol. The fourth-order valence-corrected chi connectivity index (χ4v) is 11.9. The van der Waals surface area contributed by atoms with Gasteiger partial charge in [0.2, 0.25) is 0 Å². The molecule has 17 nitrogen and oxygen atoms in total. The zero-order chi connectivity index (χ0) is 74.6. The molecule has 0 fully saturated rings. The van der Waals surface area contributed by atoms with E-state index in [1.807, 2.05) is 18.2 Å². The lowest BCUT2D eigenvalue weighted by molar-refractivity contribution is -0.161. The first-order valence-corrected chi connectivity index (χ1v) is 42.8. The van der Waals surface area contributed by atoms with E-state index in [-0.39, 0.29) is 25.7 Å². The van der Waals surface area contributed by atoms with Crippen LogP contribution in [0.5, 0.6) is 0 Å². The number of phosphoric ester groups is 2. The summed E-state index contributed by atoms with van der Waals surface area (Å²) in [7, 11) is -9.97. The summed E-state index contributed by atoms with van der Waals surface area (Å²) >= 11 is 0. The molecule has 586 valence electrons. The monoisotopic (exact) mass is 1470 g/mol. The van der Waals surface area contributed by atoms with Gasteiger partial charge >= 0.3 is 39.5 Å². The summed E-state index contributed by atoms with van der Waals surface area (Å²) < 4.78 is 68.4. The molecular weight excluding hydrogens is 1330 g/mol. The van der Waals surface area contributed by atoms with E-state index in [4.69, 9.17) is 37.0 Å². The van der Waals surface area contributed by atoms with Gasteiger partial charge in [0.25, 0.3) is 0 Å². The first kappa shape index (κ1) is 97.5. The van der Waals surface area contributed by atoms with Crippen LogP contribution in [0.3, 0.4) is 0 Å². The van der Waals surface area contributed by atoms with E-state index in [0.717, 1.165) is 154 Å². The average Bonchev–Trinajstić information content (AvgIpc) is 0.907. The molecule has 0 saturated heterocycles. The molecule has 3 N–H and O–H groups in total. The summed E-state index contributed by atoms with van der Waals surface area (Å²) in [5.74, 6) is -2.29. The molecule has 0 heterocycles. The maximum Gasteiger partial charge on any atom is 0.472 e. The number of carbonyl (C=O) groups is 4. The maximum absolute atomic E-state index is 13.1. The Bertz CT molecular complexity index is 2410. The molecule has 0 amide bonds. The van der Waals surface area contributed by atoms with Gasteiger partial charge in [0.15, 0.2) is 12.2 Å². The van der Waals surface area contributed by atoms with Gasteiger partial charge in [-0.25, -0.2) is 9.13 Å². The quantitative estimate of drug-likeness (QED) is 0.0169. The van der Waals surface area contributed by atoms with Crippen molar-refractivity contribution in [2.24, 2.45) is 0 Å². The number of phosphoric acid groups is 2. The summed E-state index contributed by atoms with van der Waals surface area (Å²) in [5.41, 5.74) is 0. The fraction of sp³-hybridized carbons (Fsp3) is 0.711. The molecule has 0 rings (SSSR count). The Kier molecular flexibility index (Phi) is 71.4. The molecule has 0 aromatic carbocycles. The Morgan fingerprint density at radius 1 is 0.284 bits per heavy atom. The first-order chi connectivity index (χ1) is 49.7. The van der Waals surface area contributed by atoms with Crippen molar-refractivity contribution in [3.63, 3.8) is 0 Å². The van der Waals surface area contributed by atoms with E-state index in [9.17, 15) is 43.2 Å². The number of unbranched alkanes of at least 4 members (excludes halogenated alkanes) is 28. The summed E-state index contributed by atoms with van der Waals surface area (Å²) in [5, 5.41) is 10.6. The van der Waals surface area contributed by atoms with Crippen LogP contribution in [-0.2, 0) is 65.4 Å². The third-order valence-electron chi connectivity index (χ3n) is 16.4. The topological polar surface area (TPSA) is 237 Å². The van der Waals surface area contributed by atoms with Gasteiger partial charge in [-0.1, -0.05) is 290 Å². The van der Waals surface area contributed by atoms with Crippen LogP contribution < -0.4 is 0 Å². The molecular formula is C83H142O17P2. The maximum atomic E-state index is 13.1. The first-order valence-electron chi connectivity index (χ1n) is 39.8. The lowest BCUT2D eigenvalue weighted by Crippen LogP contribution is -2.30. The van der Waals surface area contributed by atoms with Crippen LogP contribution in [0.2, 0.25) is 0 Å². The molecule has 19 heteroatoms. The SMILES string of the molecule is CC/C=C\C/C=C\C/C=C\C/C=C\C/C=C\C/C=C\CCC(=O)OCC(COP(=O)(O)OCC(O)COP(=O)(O)OCC(COC(=O)CCCCCCCC/C=C\C/C=C\C/C=C\CCCCC)OC(=O)CCCCCCCCCCCCC)OC(=O)CCCCCCC/C=C\CCCCCC. The Morgan fingerprint density at radius 3 is 0.882 bits per heavy atom. The van der Waals surface area contributed by atoms with Gasteiger partial charge in [0, 0.05) is 25.7 Å². The Balaban J connectivity index is 5.37. The largest absolute Gasteiger partial charge is 0.472 e. The Hall–Kier alpha value is -4.54. The minimum absolute atomic E-state index is 0.0333. The highest BCUT2D eigenvalue weighted by Gasteiger charge is 2.30. The van der Waals surface area contributed by atoms with Crippen molar-refractivity contribution in [2.45, 2.75) is 341 Å². The summed E-state index contributed by atoms with van der Waals surface area (Å²) in [4.78, 5) is 72.9. The number of carbonyl (C=O) groups excluding carboxylic acids is 4. The number of rotatable bonds is 74. The second kappa shape index (κ2) is 74.7. The highest BCUT2D eigenvalue weighted by atomic mass is 31.2. The molecule has 0 aromatic heterocycles. The minimum Gasteiger partial charge on any atom is -0.462 e. The van der Waals surface area contributed by atoms with Crippen molar-refractivity contribution >= 4 is 39.5 Å². The smallest absolute Gasteiger partial charge is 0.462 e. The number of ether oxygens (including phenoxy) is 4. The third kappa shape index (κ3) is 73.8. The molecule has 0 aliphatic rings. The van der Waals surface area contributed by atoms with Crippen molar-refractivity contribution in [3.05, 3.63) is 122 Å². The summed E-state index contributed by atoms with van der Waals surface area (Å²) in [6.45, 7) is 4.62. The zero-order valence-electron chi connectivity index (χ0n) is 64.0. The van der Waals surface area contributed by atoms with Crippen LogP contribution in [0.1, 0.15) is 323 Å². The van der Waals surface area contributed by atoms with E-state index >= 15 is 0 Å². The Morgan fingerprint density at radius 2 is 0.529 bits per heavy atom. The molecule has 0 radical (unpaired) electrons. The Labute approximate surface area is 619 Å². The third-order valence-corrected chi connectivity index (χ3v) is 18.3. The summed E-state index contributed by atoms with van der Waals surface area (Å²) in [6, 6.07) is 0. The van der Waals surface area contributed by atoms with Crippen molar-refractivity contribution in [1.29, 1.82) is 0 Å². The van der Waals surface area contributed by atoms with E-state index in [1.165, 1.54) is 83.5 Å². The van der Waals surface area contributed by atoms with E-state index in [1.54, 1.807) is 0 Å². The van der Waals surface area contributed by atoms with Crippen molar-refractivity contribution in [3.8, 4) is 0 Å². The van der Waals surface area contributed by atoms with Crippen LogP contribution in [0, 0.1) is 0 Å². The molecule has 5 unspecified atom stereocenters. The molecule has 0 saturated carbocycles. The standard InChI is InChI=1S/C83H142O17P2/c1-5-9-13-17-21-25-29-32-34-36-38-40-42-45-48-51-55-59-63-67-80(85)93-73-78(99-82(87)69-65-61-57-53-47-28-24-20-16-12-8-4)75-97-101(89,90)95-71-77(84)72-96-102(91,92)98-76-79(100-83(88)70-66-62-58-54-50-44-31-27-23-19-15-11-7-3)74-94-81(86)68-64-60-56-52-49-46-43-41-39-37-35-33-30-26-22-18-14-10-6-2/h10,14,21-22,25-27,31-35,38-41,46,49,56,60,77-79,84H,5-9,11-13,15-20,23-24,28-30,36-37,42-45,47-48,50-55,57-59,61-76H2,1-4H3,(H,89,90)(H,91,92)/b14-10-,25-21-,26-22-,31-27-,34-32-,35-33-,40-38-,41-39-,49-46-,60-56-. The van der Waals surface area contributed by atoms with E-state index in [2.05, 4.69) is 131 Å². The van der Waals surface area contributed by atoms with Gasteiger partial charge in [0.1, 0.15) is 19.3 Å². The van der Waals surface area contributed by atoms with Gasteiger partial charge in [-0.2, -0.15) is 0 Å². The highest BCUT2D eigenvalue weighted by molar-refractivity contribution is 7.47. The van der Waals surface area contributed by atoms with E-state index < -0.39 is 97.5 Å². The molecule has 102 heavy (non-hydrogen) atoms. The minimum atomic E-state index is -4.99. The van der Waals surface area contributed by atoms with Gasteiger partial charge in [0.05, 0.1) is 26.4 Å². The van der Waals surface area contributed by atoms with Crippen molar-refractivity contribution in [2.75, 3.05) is 39.6 Å². The molecule has 0 spiro atoms. The highest BCUT2D eigenvalue weighted by Crippen LogP contribution is 2.45. The van der Waals surface area contributed by atoms with Gasteiger partial charge in [-0.05, 0) is 128 Å². The number of allylic oxidation sites excluding steroid dienone is 20. The normalized spacial score (nSPS) is 14.5. The number of hydrogen-bond donors (Lipinski definition) is 3. The number of aliphatic hydroxyl groups excluding tert-OH is 1. The van der Waals surface area contributed by atoms with Gasteiger partial charge in [-0.15, -0.1) is 0 Å². The lowest BCUT2D eigenvalue weighted by Gasteiger charge is -2.21. The average molecular weight is 1470 g/mol. The van der Waals surface area contributed by atoms with Gasteiger partial charge in [-0.3, -0.25) is 37.3 Å². The van der Waals surface area contributed by atoms with Crippen LogP contribution >= 0.6 is 15.6 Å². The molecule has 0 aromatic rings. The summed E-state index contributed by atoms with van der Waals surface area (Å²) in [6.07, 6.45) is 82.0. The van der Waals surface area contributed by atoms with E-state index in [0.29, 0.717) is 32.1 Å². The fourth-order valence-electron chi connectivity index (χ4n) is 10.4. The van der Waals surface area contributed by atoms with Crippen molar-refractivity contribution < 1.29 is 80.2 Å². The molecule has 0 aliphatic heterocycles. The predicted octanol–water partition coefficient (Wildman–Crippen LogP) is 23.1. The van der Waals surface area contributed by atoms with Gasteiger partial charge < -0.3 is 33.8 Å². The second-order valence-corrected chi connectivity index (χ2v) is 29.2. The molecule has 5 atom stereocenters. The number of hydrogen-bond acceptors (Lipinski definition) is 15. The van der Waals surface area contributed by atoms with Crippen LogP contribution in [0.4, 0.5) is 0 Å². The van der Waals surface area contributed by atoms with Crippen molar-refractivity contribution in [1.82, 2.24) is 0 Å². The van der Waals surface area contributed by atoms with Crippen LogP contribution in [0.25, 0.3) is 0 Å². The molecule has 0 bridgehead atoms. The lowest BCUT2D eigenvalue weighted by atomic mass is 10.1. The van der Waals surface area contributed by atoms with Crippen LogP contribution in [-0.4, -0.2) is 96.7 Å². The molecule has 0 aliphatic carbocycles. The zero-order valence-corrected chi connectivity index (χ0v) is 65.8. The van der Waals surface area contributed by atoms with Crippen LogP contribution in [0.15, 0.2) is 122 Å². The number of aliphatic hydroxyl groups is 1.